The van der Waals surface area contributed by atoms with Crippen LogP contribution in [0.4, 0.5) is 0 Å². The zero-order valence-electron chi connectivity index (χ0n) is 12.3. The van der Waals surface area contributed by atoms with Gasteiger partial charge < -0.3 is 4.74 Å². The van der Waals surface area contributed by atoms with Gasteiger partial charge in [-0.2, -0.15) is 12.7 Å². The first-order valence-electron chi connectivity index (χ1n) is 7.54. The van der Waals surface area contributed by atoms with Crippen molar-refractivity contribution < 1.29 is 17.9 Å². The lowest BCUT2D eigenvalue weighted by molar-refractivity contribution is -0.121. The molecule has 22 heavy (non-hydrogen) atoms. The molecule has 0 radical (unpaired) electrons. The Labute approximate surface area is 130 Å². The van der Waals surface area contributed by atoms with Crippen molar-refractivity contribution in [3.8, 4) is 0 Å². The van der Waals surface area contributed by atoms with Crippen LogP contribution in [0.25, 0.3) is 0 Å². The van der Waals surface area contributed by atoms with Crippen LogP contribution < -0.4 is 4.72 Å². The lowest BCUT2D eigenvalue weighted by Crippen LogP contribution is -2.46. The van der Waals surface area contributed by atoms with Crippen LogP contribution in [0.5, 0.6) is 0 Å². The quantitative estimate of drug-likeness (QED) is 0.895. The van der Waals surface area contributed by atoms with Gasteiger partial charge in [0, 0.05) is 19.7 Å². The van der Waals surface area contributed by atoms with Gasteiger partial charge in [-0.3, -0.25) is 4.79 Å². The lowest BCUT2D eigenvalue weighted by atomic mass is 10.0. The highest BCUT2D eigenvalue weighted by Crippen LogP contribution is 2.20. The monoisotopic (exact) mass is 324 g/mol. The largest absolute Gasteiger partial charge is 0.378 e. The van der Waals surface area contributed by atoms with Gasteiger partial charge in [0.2, 0.25) is 5.91 Å². The third-order valence-corrected chi connectivity index (χ3v) is 5.59. The van der Waals surface area contributed by atoms with E-state index in [0.717, 1.165) is 18.4 Å². The molecule has 2 heterocycles. The smallest absolute Gasteiger partial charge is 0.304 e. The van der Waals surface area contributed by atoms with Gasteiger partial charge in [-0.15, -0.1) is 0 Å². The van der Waals surface area contributed by atoms with E-state index in [0.29, 0.717) is 26.1 Å². The summed E-state index contributed by atoms with van der Waals surface area (Å²) in [6.45, 7) is 1.34. The van der Waals surface area contributed by atoms with Gasteiger partial charge in [0.25, 0.3) is 0 Å². The van der Waals surface area contributed by atoms with Crippen LogP contribution in [0.1, 0.15) is 30.4 Å². The first-order valence-corrected chi connectivity index (χ1v) is 8.98. The Balaban J connectivity index is 1.62. The molecule has 0 aliphatic carbocycles. The highest BCUT2D eigenvalue weighted by molar-refractivity contribution is 7.87. The van der Waals surface area contributed by atoms with E-state index < -0.39 is 16.1 Å². The summed E-state index contributed by atoms with van der Waals surface area (Å²) in [5, 5.41) is 0. The molecule has 2 aliphatic rings. The number of rotatable bonds is 4. The molecule has 0 spiro atoms. The molecule has 1 aromatic rings. The summed E-state index contributed by atoms with van der Waals surface area (Å²) in [5.74, 6) is -0.495. The van der Waals surface area contributed by atoms with Crippen molar-refractivity contribution >= 4 is 16.1 Å². The fourth-order valence-electron chi connectivity index (χ4n) is 2.94. The van der Waals surface area contributed by atoms with Gasteiger partial charge >= 0.3 is 10.2 Å². The van der Waals surface area contributed by atoms with Gasteiger partial charge in [0.05, 0.1) is 12.5 Å². The van der Waals surface area contributed by atoms with Crippen LogP contribution in [-0.2, 0) is 32.7 Å². The Morgan fingerprint density at radius 2 is 2.09 bits per heavy atom. The van der Waals surface area contributed by atoms with Crippen molar-refractivity contribution in [2.24, 2.45) is 0 Å². The molecule has 3 rings (SSSR count). The SMILES string of the molecule is O=C(C[C@H]1CCCO1)NS(=O)(=O)N1CCc2ccccc2C1. The van der Waals surface area contributed by atoms with Gasteiger partial charge in [-0.1, -0.05) is 24.3 Å². The molecule has 0 unspecified atom stereocenters. The summed E-state index contributed by atoms with van der Waals surface area (Å²) in [6.07, 6.45) is 2.34. The maximum Gasteiger partial charge on any atom is 0.304 e. The van der Waals surface area contributed by atoms with Crippen molar-refractivity contribution in [3.63, 3.8) is 0 Å². The molecule has 0 bridgehead atoms. The maximum absolute atomic E-state index is 12.3. The van der Waals surface area contributed by atoms with E-state index in [9.17, 15) is 13.2 Å². The van der Waals surface area contributed by atoms with Gasteiger partial charge in [-0.05, 0) is 30.4 Å². The van der Waals surface area contributed by atoms with Crippen LogP contribution in [0, 0.1) is 0 Å². The van der Waals surface area contributed by atoms with Crippen molar-refractivity contribution in [1.29, 1.82) is 0 Å². The van der Waals surface area contributed by atoms with E-state index >= 15 is 0 Å². The lowest BCUT2D eigenvalue weighted by Gasteiger charge is -2.28. The molecule has 1 N–H and O–H groups in total. The van der Waals surface area contributed by atoms with E-state index in [2.05, 4.69) is 4.72 Å². The van der Waals surface area contributed by atoms with Crippen LogP contribution in [0.2, 0.25) is 0 Å². The molecule has 120 valence electrons. The number of nitrogens with zero attached hydrogens (tertiary/aromatic N) is 1. The highest BCUT2D eigenvalue weighted by atomic mass is 32.2. The summed E-state index contributed by atoms with van der Waals surface area (Å²) in [7, 11) is -3.79. The van der Waals surface area contributed by atoms with Gasteiger partial charge in [0.15, 0.2) is 0 Å². The average molecular weight is 324 g/mol. The average Bonchev–Trinajstić information content (AvgIpc) is 2.99. The minimum absolute atomic E-state index is 0.101. The number of carbonyl (C=O) groups excluding carboxylic acids is 1. The minimum Gasteiger partial charge on any atom is -0.378 e. The second-order valence-corrected chi connectivity index (χ2v) is 7.39. The summed E-state index contributed by atoms with van der Waals surface area (Å²) in [4.78, 5) is 11.9. The van der Waals surface area contributed by atoms with Gasteiger partial charge in [-0.25, -0.2) is 4.72 Å². The first-order chi connectivity index (χ1) is 10.5. The molecule has 1 saturated heterocycles. The number of hydrogen-bond acceptors (Lipinski definition) is 4. The fourth-order valence-corrected chi connectivity index (χ4v) is 4.08. The topological polar surface area (TPSA) is 75.7 Å². The number of ether oxygens (including phenoxy) is 1. The first kappa shape index (κ1) is 15.5. The number of fused-ring (bicyclic) bond motifs is 1. The second-order valence-electron chi connectivity index (χ2n) is 5.72. The standard InChI is InChI=1S/C15H20N2O4S/c18-15(10-14-6-3-9-21-14)16-22(19,20)17-8-7-12-4-1-2-5-13(12)11-17/h1-2,4-5,14H,3,6-11H2,(H,16,18)/t14-/m1/s1. The maximum atomic E-state index is 12.3. The van der Waals surface area contributed by atoms with Crippen molar-refractivity contribution in [1.82, 2.24) is 9.03 Å². The molecule has 1 fully saturated rings. The van der Waals surface area contributed by atoms with E-state index in [4.69, 9.17) is 4.74 Å². The zero-order chi connectivity index (χ0) is 15.6. The van der Waals surface area contributed by atoms with Crippen LogP contribution in [-0.4, -0.2) is 37.9 Å². The second kappa shape index (κ2) is 6.36. The molecular formula is C15H20N2O4S. The third kappa shape index (κ3) is 3.48. The Hall–Kier alpha value is -1.44. The predicted octanol–water partition coefficient (Wildman–Crippen LogP) is 0.975. The number of hydrogen-bond donors (Lipinski definition) is 1. The van der Waals surface area contributed by atoms with Gasteiger partial charge in [0.1, 0.15) is 0 Å². The van der Waals surface area contributed by atoms with E-state index in [1.807, 2.05) is 24.3 Å². The number of carbonyl (C=O) groups is 1. The molecule has 1 amide bonds. The molecule has 1 atom stereocenters. The predicted molar refractivity (Wildman–Crippen MR) is 81.2 cm³/mol. The summed E-state index contributed by atoms with van der Waals surface area (Å²) >= 11 is 0. The summed E-state index contributed by atoms with van der Waals surface area (Å²) in [6, 6.07) is 7.78. The normalized spacial score (nSPS) is 22.3. The fraction of sp³-hybridized carbons (Fsp3) is 0.533. The molecule has 0 aromatic heterocycles. The number of nitrogens with one attached hydrogen (secondary N) is 1. The Kier molecular flexibility index (Phi) is 4.46. The van der Waals surface area contributed by atoms with Crippen LogP contribution in [0.3, 0.4) is 0 Å². The molecule has 0 saturated carbocycles. The zero-order valence-corrected chi connectivity index (χ0v) is 13.1. The van der Waals surface area contributed by atoms with Crippen LogP contribution >= 0.6 is 0 Å². The van der Waals surface area contributed by atoms with Crippen LogP contribution in [0.15, 0.2) is 24.3 Å². The molecular weight excluding hydrogens is 304 g/mol. The number of amides is 1. The number of benzene rings is 1. The minimum atomic E-state index is -3.79. The molecule has 6 nitrogen and oxygen atoms in total. The van der Waals surface area contributed by atoms with E-state index in [-0.39, 0.29) is 12.5 Å². The third-order valence-electron chi connectivity index (χ3n) is 4.12. The Morgan fingerprint density at radius 3 is 2.82 bits per heavy atom. The Morgan fingerprint density at radius 1 is 1.32 bits per heavy atom. The Bertz CT molecular complexity index is 653. The van der Waals surface area contributed by atoms with Crippen molar-refractivity contribution in [2.45, 2.75) is 38.3 Å². The van der Waals surface area contributed by atoms with Crippen molar-refractivity contribution in [2.75, 3.05) is 13.2 Å². The molecule has 1 aromatic carbocycles. The molecule has 7 heteroatoms. The highest BCUT2D eigenvalue weighted by Gasteiger charge is 2.29. The molecule has 2 aliphatic heterocycles. The summed E-state index contributed by atoms with van der Waals surface area (Å²) < 4.78 is 33.5. The van der Waals surface area contributed by atoms with E-state index in [1.165, 1.54) is 9.87 Å². The van der Waals surface area contributed by atoms with Crippen molar-refractivity contribution in [3.05, 3.63) is 35.4 Å². The van der Waals surface area contributed by atoms with E-state index in [1.54, 1.807) is 0 Å². The summed E-state index contributed by atoms with van der Waals surface area (Å²) in [5.41, 5.74) is 2.16.